The average molecular weight is 2240 g/mol. The second-order valence-corrected chi connectivity index (χ2v) is 38.0. The number of carboxylic acid groups (broad SMARTS) is 2. The van der Waals surface area contributed by atoms with Crippen LogP contribution in [0.4, 0.5) is 62.3 Å². The number of nitrogens with zero attached hydrogens (tertiary/aromatic N) is 2. The SMILES string of the molecule is C.COc1cc(C(F)(F)C(=O)C(=O)O)ccc1Cl.COc1cc(C(F)(F)C(=O)C(C)=O)ccc1Cl.COc1cc(C(F)(F)C(N)C(=O)N2CCC(NC(=O)OC(C)(C)C)CC2)ccc1Cl.COc1cc(C(F)(F)C(N)C(=O)O)ccc1Cl.COc1cc(C(F)(F)C(NS(=O)(=O)c2ccc(OC3CCCC3)cc2)C(=O)N2CCC(NC(=O)OC(C)(C)C)CC2)ccc1Cl.COc1cc(C(F)(F)C(O)C(C)=O)ccc1Cl.[B]B([B])[BH3-]. The van der Waals surface area contributed by atoms with Crippen molar-refractivity contribution in [3.8, 4) is 40.2 Å². The van der Waals surface area contributed by atoms with Crippen molar-refractivity contribution in [1.82, 2.24) is 25.2 Å². The molecule has 7 aromatic carbocycles. The quantitative estimate of drug-likeness (QED) is 0.0114. The monoisotopic (exact) mass is 2240 g/mol. The van der Waals surface area contributed by atoms with Crippen LogP contribution in [-0.2, 0) is 93.4 Å². The molecule has 0 spiro atoms. The number of carbonyl (C=O) groups excluding carboxylic acids is 8. The van der Waals surface area contributed by atoms with Crippen molar-refractivity contribution in [2.24, 2.45) is 11.5 Å². The number of aliphatic hydroxyl groups excluding tert-OH is 1. The summed E-state index contributed by atoms with van der Waals surface area (Å²) in [6.45, 7) is 12.5. The van der Waals surface area contributed by atoms with Gasteiger partial charge in [0.05, 0.1) is 83.8 Å². The predicted molar refractivity (Wildman–Crippen MR) is 535 cm³/mol. The maximum absolute atomic E-state index is 16.3. The third-order valence-electron chi connectivity index (χ3n) is 21.0. The Hall–Kier alpha value is -10.8. The van der Waals surface area contributed by atoms with Gasteiger partial charge >= 0.3 is 47.7 Å². The van der Waals surface area contributed by atoms with Crippen LogP contribution in [0.15, 0.2) is 138 Å². The Kier molecular flexibility index (Phi) is 50.5. The van der Waals surface area contributed by atoms with Gasteiger partial charge in [-0.1, -0.05) is 121 Å². The normalized spacial score (nSPS) is 14.5. The number of Topliss-reactive ketones (excluding diaryl/α,β-unsaturated/α-hetero) is 4. The number of carboxylic acids is 2. The van der Waals surface area contributed by atoms with E-state index in [9.17, 15) is 100 Å². The van der Waals surface area contributed by atoms with Gasteiger partial charge in [0.25, 0.3) is 23.6 Å². The Morgan fingerprint density at radius 2 is 0.730 bits per heavy atom. The molecular weight excluding hydrogens is 2130 g/mol. The Morgan fingerprint density at radius 3 is 1.02 bits per heavy atom. The van der Waals surface area contributed by atoms with E-state index in [1.165, 1.54) is 107 Å². The van der Waals surface area contributed by atoms with Gasteiger partial charge in [-0.15, -0.1) is 6.39 Å². The molecule has 10 N–H and O–H groups in total. The van der Waals surface area contributed by atoms with Gasteiger partial charge in [0.1, 0.15) is 51.4 Å². The number of ketones is 4. The fraction of sp³-hybridized carbons (Fsp3) is 0.447. The van der Waals surface area contributed by atoms with Crippen molar-refractivity contribution in [3.63, 3.8) is 0 Å². The maximum Gasteiger partial charge on any atom is 0.407 e. The van der Waals surface area contributed by atoms with E-state index in [4.69, 9.17) is 154 Å². The number of rotatable bonds is 31. The molecule has 0 aromatic heterocycles. The lowest BCUT2D eigenvalue weighted by atomic mass is 9.08. The molecule has 7 aromatic rings. The smallest absolute Gasteiger partial charge is 0.407 e. The Morgan fingerprint density at radius 1 is 0.446 bits per heavy atom. The minimum absolute atomic E-state index is 0. The van der Waals surface area contributed by atoms with Gasteiger partial charge in [0, 0.05) is 78.6 Å². The van der Waals surface area contributed by atoms with Gasteiger partial charge in [-0.3, -0.25) is 33.6 Å². The number of ether oxygens (including phenoxy) is 9. The molecule has 54 heteroatoms. The number of alkyl carbamates (subject to hydrolysis) is 2. The lowest BCUT2D eigenvalue weighted by Gasteiger charge is -2.36. The van der Waals surface area contributed by atoms with Crippen molar-refractivity contribution in [1.29, 1.82) is 0 Å². The van der Waals surface area contributed by atoms with E-state index in [2.05, 4.69) is 10.6 Å². The second kappa shape index (κ2) is 56.9. The number of likely N-dealkylation sites (tertiary alicyclic amines) is 2. The molecule has 2 saturated heterocycles. The van der Waals surface area contributed by atoms with Crippen molar-refractivity contribution in [2.45, 2.75) is 208 Å². The van der Waals surface area contributed by atoms with E-state index in [0.717, 1.165) is 118 Å². The van der Waals surface area contributed by atoms with Crippen molar-refractivity contribution < 1.29 is 167 Å². The van der Waals surface area contributed by atoms with E-state index in [-0.39, 0.29) is 148 Å². The summed E-state index contributed by atoms with van der Waals surface area (Å²) in [6, 6.07) is 16.9. The molecule has 4 unspecified atom stereocenters. The van der Waals surface area contributed by atoms with Crippen LogP contribution in [0.1, 0.15) is 148 Å². The van der Waals surface area contributed by atoms with Crippen molar-refractivity contribution >= 4 is 168 Å². The number of nitrogens with two attached hydrogens (primary N) is 2. The molecule has 148 heavy (non-hydrogen) atoms. The Labute approximate surface area is 880 Å². The summed E-state index contributed by atoms with van der Waals surface area (Å²) in [6.07, 6.45) is 1.85. The van der Waals surface area contributed by atoms with Crippen LogP contribution in [0.25, 0.3) is 0 Å². The van der Waals surface area contributed by atoms with Crippen molar-refractivity contribution in [3.05, 3.63) is 197 Å². The Balaban J connectivity index is 0.000000476. The number of aliphatic carboxylic acids is 2. The summed E-state index contributed by atoms with van der Waals surface area (Å²) < 4.78 is 245. The highest BCUT2D eigenvalue weighted by molar-refractivity contribution is 7.89. The molecule has 0 bridgehead atoms. The number of alkyl halides is 12. The van der Waals surface area contributed by atoms with Crippen LogP contribution >= 0.6 is 69.6 Å². The first-order valence-electron chi connectivity index (χ1n) is 43.2. The lowest BCUT2D eigenvalue weighted by Crippen LogP contribution is -2.58. The highest BCUT2D eigenvalue weighted by atomic mass is 35.5. The minimum Gasteiger partial charge on any atom is -0.495 e. The molecule has 10 rings (SSSR count). The summed E-state index contributed by atoms with van der Waals surface area (Å²) in [4.78, 5) is 117. The number of aliphatic hydroxyl groups is 1. The number of carbonyl (C=O) groups is 10. The first-order valence-corrected chi connectivity index (χ1v) is 47.0. The van der Waals surface area contributed by atoms with Crippen LogP contribution in [0.2, 0.25) is 30.1 Å². The lowest BCUT2D eigenvalue weighted by molar-refractivity contribution is -0.163. The number of hydrogen-bond acceptors (Lipinski definition) is 24. The third kappa shape index (κ3) is 38.0. The first-order chi connectivity index (χ1) is 67.9. The predicted octanol–water partition coefficient (Wildman–Crippen LogP) is 16.2. The molecule has 4 atom stereocenters. The van der Waals surface area contributed by atoms with Gasteiger partial charge in [-0.05, 0) is 212 Å². The number of halogens is 18. The number of nitrogens with one attached hydrogen (secondary N) is 3. The maximum atomic E-state index is 16.3. The fourth-order valence-electron chi connectivity index (χ4n) is 13.3. The molecule has 1 saturated carbocycles. The number of sulfonamides is 1. The van der Waals surface area contributed by atoms with Gasteiger partial charge in [-0.25, -0.2) is 22.8 Å². The van der Waals surface area contributed by atoms with E-state index in [1.807, 2.05) is 4.72 Å². The molecule has 3 aliphatic rings. The fourth-order valence-corrected chi connectivity index (χ4v) is 15.6. The molecular formula is C94H112B4Cl6F12N7O24S-. The molecule has 1 aliphatic carbocycles. The molecule has 31 nitrogen and oxygen atoms in total. The number of piperidine rings is 2. The van der Waals surface area contributed by atoms with E-state index < -0.39 is 173 Å². The molecule has 4 radical (unpaired) electrons. The number of methoxy groups -OCH3 is 6. The summed E-state index contributed by atoms with van der Waals surface area (Å²) >= 11 is 34.6. The van der Waals surface area contributed by atoms with Gasteiger partial charge in [-0.2, -0.15) is 57.4 Å². The average Bonchev–Trinajstić information content (AvgIpc) is 0.774. The number of benzene rings is 7. The largest absolute Gasteiger partial charge is 0.495 e. The zero-order valence-electron chi connectivity index (χ0n) is 80.6. The summed E-state index contributed by atoms with van der Waals surface area (Å²) in [5.41, 5.74) is 5.66. The van der Waals surface area contributed by atoms with Crippen molar-refractivity contribution in [2.75, 3.05) is 68.8 Å². The minimum atomic E-state index is -4.61. The highest BCUT2D eigenvalue weighted by Crippen LogP contribution is 2.44. The molecule has 2 heterocycles. The molecule has 2 aliphatic heterocycles. The molecule has 812 valence electrons. The van der Waals surface area contributed by atoms with Gasteiger partial charge in [0.2, 0.25) is 27.6 Å². The topological polar surface area (TPSA) is 443 Å². The first kappa shape index (κ1) is 131. The third-order valence-corrected chi connectivity index (χ3v) is 24.3. The zero-order valence-corrected chi connectivity index (χ0v) is 86.0. The number of amides is 4. The summed E-state index contributed by atoms with van der Waals surface area (Å²) in [5, 5.41) is 32.2. The van der Waals surface area contributed by atoms with E-state index >= 15 is 8.78 Å². The Bertz CT molecular complexity index is 5670. The van der Waals surface area contributed by atoms with Crippen LogP contribution in [-0.4, -0.2) is 245 Å². The van der Waals surface area contributed by atoms with Crippen LogP contribution in [0.3, 0.4) is 0 Å². The number of hydrogen-bond donors (Lipinski definition) is 8. The molecule has 3 fully saturated rings. The second-order valence-electron chi connectivity index (χ2n) is 33.8. The van der Waals surface area contributed by atoms with E-state index in [0.29, 0.717) is 18.6 Å². The van der Waals surface area contributed by atoms with Crippen LogP contribution in [0, 0.1) is 0 Å². The summed E-state index contributed by atoms with van der Waals surface area (Å²) in [5.74, 6) is -34.6. The van der Waals surface area contributed by atoms with Crippen LogP contribution < -0.4 is 60.0 Å². The zero-order chi connectivity index (χ0) is 112. The standard InChI is InChI=1S/C31H40ClF2N3O7S.C20H28ClF2N3O4.C11H11ClF2O3.C11H9ClF2O3.C10H10ClF2NO3.C10H7ClF2O4.CH4.B4H3/c1-30(2,3)44-29(39)35-21-15-17-37(18-16-21)28(38)27(31(33,34)20-9-14-25(32)26(19-20)42-4)36-45(40,41)24-12-10-23(11-13-24)43-22-7-5-6-8-22;1-19(2,3)30-18(28)25-13-7-9-26(10-8-13)17(27)16(24)20(22,23)12-5-6-14(21)15(11-12)29-4;2*1-6(15)10(16)11(13,14)7-3-4-8(12)9(5-7)17-2;2*1-17-7-4-5(2-3-6(7)11)10(12,13)8(14)9(15)16;;1-4(2)3/h9-14,19,21-22,27,36H,5-8,15-18H2,1-4H3,(H,35,39);5-6,11,13,16H,7-10,24H2,1-4H3,(H,25,28);3-5,10,16H,1-2H3;3-5H,1-2H3;2-4,8H,14H2,1H3,(H,15,16);2-4H,1H3,(H,15,16);1H4;1H3/q;;;;;;;-1. The molecule has 4 amide bonds. The summed E-state index contributed by atoms with van der Waals surface area (Å²) in [7, 11) is 13.2. The van der Waals surface area contributed by atoms with Gasteiger partial charge < -0.3 is 89.9 Å². The van der Waals surface area contributed by atoms with Crippen LogP contribution in [0.5, 0.6) is 40.2 Å². The van der Waals surface area contributed by atoms with E-state index in [1.54, 1.807) is 41.5 Å². The highest BCUT2D eigenvalue weighted by Gasteiger charge is 2.53. The van der Waals surface area contributed by atoms with Gasteiger partial charge in [0.15, 0.2) is 30.0 Å².